The van der Waals surface area contributed by atoms with Crippen LogP contribution in [-0.2, 0) is 20.8 Å². The fraction of sp³-hybridized carbons (Fsp3) is 0.429. The number of aliphatic carboxylic acids is 2. The molecular weight excluding hydrogens is 605 g/mol. The van der Waals surface area contributed by atoms with Crippen LogP contribution in [0.4, 0.5) is 0 Å². The molecule has 1 heterocycles. The minimum Gasteiger partial charge on any atom is -0.480 e. The van der Waals surface area contributed by atoms with Gasteiger partial charge < -0.3 is 20.4 Å². The zero-order valence-corrected chi connectivity index (χ0v) is 23.3. The Balaban J connectivity index is 1.61. The third-order valence-electron chi connectivity index (χ3n) is 6.68. The van der Waals surface area contributed by atoms with Crippen molar-refractivity contribution in [3.63, 3.8) is 0 Å². The third kappa shape index (κ3) is 8.80. The van der Waals surface area contributed by atoms with E-state index in [0.29, 0.717) is 57.2 Å². The average molecular weight is 640 g/mol. The highest BCUT2D eigenvalue weighted by Gasteiger charge is 2.38. The van der Waals surface area contributed by atoms with Gasteiger partial charge in [-0.2, -0.15) is 0 Å². The maximum Gasteiger partial charge on any atom is 0.326 e. The smallest absolute Gasteiger partial charge is 0.326 e. The Morgan fingerprint density at radius 3 is 2.42 bits per heavy atom. The molecule has 0 bridgehead atoms. The number of carboxylic acid groups (broad SMARTS) is 2. The molecule has 204 valence electrons. The molecule has 1 aliphatic rings. The molecule has 0 saturated carbocycles. The van der Waals surface area contributed by atoms with Gasteiger partial charge in [-0.05, 0) is 91.3 Å². The molecule has 3 rings (SSSR count). The van der Waals surface area contributed by atoms with Crippen molar-refractivity contribution in [2.24, 2.45) is 0 Å². The molecule has 1 saturated heterocycles. The van der Waals surface area contributed by atoms with Crippen LogP contribution in [0.2, 0.25) is 0 Å². The van der Waals surface area contributed by atoms with Gasteiger partial charge in [0, 0.05) is 22.2 Å². The van der Waals surface area contributed by atoms with Gasteiger partial charge in [-0.25, -0.2) is 4.79 Å². The predicted molar refractivity (Wildman–Crippen MR) is 151 cm³/mol. The van der Waals surface area contributed by atoms with Gasteiger partial charge >= 0.3 is 11.9 Å². The summed E-state index contributed by atoms with van der Waals surface area (Å²) in [5, 5.41) is 25.3. The van der Waals surface area contributed by atoms with Gasteiger partial charge in [-0.15, -0.1) is 0 Å². The Labute approximate surface area is 236 Å². The molecule has 2 aromatic rings. The van der Waals surface area contributed by atoms with E-state index in [4.69, 9.17) is 0 Å². The van der Waals surface area contributed by atoms with E-state index in [9.17, 15) is 29.4 Å². The average Bonchev–Trinajstić information content (AvgIpc) is 3.40. The van der Waals surface area contributed by atoms with Crippen LogP contribution in [0.25, 0.3) is 0 Å². The second kappa shape index (κ2) is 14.8. The number of aryl methyl sites for hydroxylation is 1. The van der Waals surface area contributed by atoms with Crippen molar-refractivity contribution in [3.8, 4) is 0 Å². The second-order valence-electron chi connectivity index (χ2n) is 9.42. The molecule has 2 aromatic carbocycles. The van der Waals surface area contributed by atoms with Gasteiger partial charge in [0.15, 0.2) is 0 Å². The number of amides is 2. The summed E-state index contributed by atoms with van der Waals surface area (Å²) in [7, 11) is 0. The van der Waals surface area contributed by atoms with Crippen LogP contribution >= 0.6 is 22.6 Å². The van der Waals surface area contributed by atoms with Crippen molar-refractivity contribution >= 4 is 46.3 Å². The number of carboxylic acids is 2. The monoisotopic (exact) mass is 639 g/mol. The largest absolute Gasteiger partial charge is 0.480 e. The molecule has 10 heteroatoms. The van der Waals surface area contributed by atoms with Crippen molar-refractivity contribution in [2.45, 2.75) is 63.1 Å². The maximum absolute atomic E-state index is 13.4. The summed E-state index contributed by atoms with van der Waals surface area (Å²) in [5.41, 5.74) is 1.57. The van der Waals surface area contributed by atoms with Crippen LogP contribution in [0, 0.1) is 3.57 Å². The Hall–Kier alpha value is -2.99. The first-order valence-electron chi connectivity index (χ1n) is 12.9. The van der Waals surface area contributed by atoms with E-state index in [-0.39, 0.29) is 18.2 Å². The molecule has 4 N–H and O–H groups in total. The number of rotatable bonds is 14. The lowest BCUT2D eigenvalue weighted by Gasteiger charge is -2.29. The van der Waals surface area contributed by atoms with E-state index in [2.05, 4.69) is 33.2 Å². The first-order valence-corrected chi connectivity index (χ1v) is 13.9. The van der Waals surface area contributed by atoms with Crippen molar-refractivity contribution in [3.05, 3.63) is 69.3 Å². The topological polar surface area (TPSA) is 136 Å². The summed E-state index contributed by atoms with van der Waals surface area (Å²) in [6, 6.07) is 14.1. The minimum atomic E-state index is -1.06. The number of likely N-dealkylation sites (tertiary alicyclic amines) is 1. The van der Waals surface area contributed by atoms with Gasteiger partial charge in [-0.3, -0.25) is 19.7 Å². The molecule has 1 aliphatic heterocycles. The van der Waals surface area contributed by atoms with E-state index in [1.807, 2.05) is 42.5 Å². The Bertz CT molecular complexity index is 1110. The highest BCUT2D eigenvalue weighted by molar-refractivity contribution is 14.1. The van der Waals surface area contributed by atoms with Crippen LogP contribution in [0.5, 0.6) is 0 Å². The molecule has 0 unspecified atom stereocenters. The predicted octanol–water partition coefficient (Wildman–Crippen LogP) is 3.31. The fourth-order valence-corrected chi connectivity index (χ4v) is 5.19. The molecule has 9 nitrogen and oxygen atoms in total. The van der Waals surface area contributed by atoms with Crippen LogP contribution in [0.1, 0.15) is 54.4 Å². The number of nitrogens with one attached hydrogen (secondary N) is 2. The van der Waals surface area contributed by atoms with Gasteiger partial charge in [-0.1, -0.05) is 36.4 Å². The third-order valence-corrected chi connectivity index (χ3v) is 7.35. The lowest BCUT2D eigenvalue weighted by molar-refractivity contribution is -0.149. The zero-order valence-electron chi connectivity index (χ0n) is 21.1. The summed E-state index contributed by atoms with van der Waals surface area (Å²) in [6.07, 6.45) is 3.26. The number of nitrogens with zero attached hydrogens (tertiary/aromatic N) is 1. The molecule has 0 aromatic heterocycles. The first-order chi connectivity index (χ1) is 18.3. The van der Waals surface area contributed by atoms with Crippen LogP contribution in [0.15, 0.2) is 54.6 Å². The van der Waals surface area contributed by atoms with Gasteiger partial charge in [0.1, 0.15) is 12.1 Å². The van der Waals surface area contributed by atoms with Crippen LogP contribution < -0.4 is 10.6 Å². The number of hydrogen-bond donors (Lipinski definition) is 4. The fourth-order valence-electron chi connectivity index (χ4n) is 4.65. The van der Waals surface area contributed by atoms with Crippen molar-refractivity contribution in [1.82, 2.24) is 15.5 Å². The summed E-state index contributed by atoms with van der Waals surface area (Å²) < 4.78 is 0.963. The van der Waals surface area contributed by atoms with Gasteiger partial charge in [0.05, 0.1) is 6.04 Å². The molecule has 0 radical (unpaired) electrons. The summed E-state index contributed by atoms with van der Waals surface area (Å²) in [5.74, 6) is -2.67. The number of halogens is 1. The molecule has 2 amide bonds. The molecule has 3 atom stereocenters. The Kier molecular flexibility index (Phi) is 11.5. The number of unbranched alkanes of at least 4 members (excludes halogenated alkanes) is 1. The standard InChI is InChI=1S/C28H34IN3O6/c29-21-11-6-10-20(18-21)25(33)30-16-5-4-12-22(26(34)32-17-7-13-24(32)28(37)38)31-23(27(35)36)15-14-19-8-2-1-3-9-19/h1-3,6,8-11,18,22-24,31H,4-5,7,12-17H2,(H,30,33)(H,35,36)(H,37,38)/t22-,23-,24-/m0/s1/i29+4. The number of benzene rings is 2. The molecule has 38 heavy (non-hydrogen) atoms. The molecule has 0 aliphatic carbocycles. The lowest BCUT2D eigenvalue weighted by atomic mass is 10.0. The van der Waals surface area contributed by atoms with E-state index in [1.165, 1.54) is 4.90 Å². The minimum absolute atomic E-state index is 0.178. The SMILES string of the molecule is O=C(NCCCC[C@H](N[C@@H](CCc1ccccc1)C(=O)O)C(=O)N1CCC[C@H]1C(=O)O)c1cccc([131I])c1. The molecule has 1 fully saturated rings. The van der Waals surface area contributed by atoms with Crippen molar-refractivity contribution in [1.29, 1.82) is 0 Å². The molecule has 0 spiro atoms. The van der Waals surface area contributed by atoms with E-state index in [1.54, 1.807) is 12.1 Å². The molecular formula is C28H34IN3O6. The van der Waals surface area contributed by atoms with E-state index < -0.39 is 30.1 Å². The number of carbonyl (C=O) groups excluding carboxylic acids is 2. The first kappa shape index (κ1) is 29.6. The van der Waals surface area contributed by atoms with E-state index in [0.717, 1.165) is 9.13 Å². The summed E-state index contributed by atoms with van der Waals surface area (Å²) in [4.78, 5) is 50.9. The van der Waals surface area contributed by atoms with Crippen molar-refractivity contribution in [2.75, 3.05) is 13.1 Å². The Morgan fingerprint density at radius 1 is 0.974 bits per heavy atom. The van der Waals surface area contributed by atoms with Gasteiger partial charge in [0.2, 0.25) is 5.91 Å². The second-order valence-corrected chi connectivity index (χ2v) is 10.7. The summed E-state index contributed by atoms with van der Waals surface area (Å²) >= 11 is 2.15. The normalized spacial score (nSPS) is 16.6. The number of carbonyl (C=O) groups is 4. The zero-order chi connectivity index (χ0) is 27.5. The van der Waals surface area contributed by atoms with Crippen LogP contribution in [0.3, 0.4) is 0 Å². The lowest BCUT2D eigenvalue weighted by Crippen LogP contribution is -2.54. The van der Waals surface area contributed by atoms with Crippen LogP contribution in [-0.4, -0.2) is 70.1 Å². The number of hydrogen-bond acceptors (Lipinski definition) is 5. The highest BCUT2D eigenvalue weighted by atomic mass is 131. The quantitative estimate of drug-likeness (QED) is 0.184. The highest BCUT2D eigenvalue weighted by Crippen LogP contribution is 2.20. The van der Waals surface area contributed by atoms with E-state index >= 15 is 0 Å². The van der Waals surface area contributed by atoms with Gasteiger partial charge in [0.25, 0.3) is 5.91 Å². The Morgan fingerprint density at radius 2 is 1.74 bits per heavy atom. The van der Waals surface area contributed by atoms with Crippen molar-refractivity contribution < 1.29 is 29.4 Å². The summed E-state index contributed by atoms with van der Waals surface area (Å²) in [6.45, 7) is 0.741. The maximum atomic E-state index is 13.4.